The van der Waals surface area contributed by atoms with Gasteiger partial charge in [0.05, 0.1) is 18.2 Å². The van der Waals surface area contributed by atoms with E-state index in [-0.39, 0.29) is 5.75 Å². The van der Waals surface area contributed by atoms with E-state index in [1.54, 1.807) is 6.20 Å². The van der Waals surface area contributed by atoms with Gasteiger partial charge in [0.1, 0.15) is 11.6 Å². The molecule has 1 heterocycles. The van der Waals surface area contributed by atoms with Crippen molar-refractivity contribution < 1.29 is 9.50 Å². The number of rotatable bonds is 1. The van der Waals surface area contributed by atoms with E-state index in [2.05, 4.69) is 9.97 Å². The highest BCUT2D eigenvalue weighted by Crippen LogP contribution is 2.27. The van der Waals surface area contributed by atoms with E-state index >= 15 is 0 Å². The van der Waals surface area contributed by atoms with Crippen LogP contribution < -0.4 is 0 Å². The lowest BCUT2D eigenvalue weighted by Crippen LogP contribution is -1.80. The molecule has 0 bridgehead atoms. The standard InChI is InChI=1S/C9H7FN2O/c10-6-1-2-7(9(13)3-6)8-4-11-5-12-8/h1-5,13H,(H,11,12). The number of H-pyrrole nitrogens is 1. The lowest BCUT2D eigenvalue weighted by molar-refractivity contribution is 0.471. The molecule has 2 aromatic rings. The van der Waals surface area contributed by atoms with Gasteiger partial charge >= 0.3 is 0 Å². The molecule has 0 aliphatic carbocycles. The number of phenolic OH excluding ortho intramolecular Hbond substituents is 1. The third-order valence-corrected chi connectivity index (χ3v) is 1.75. The van der Waals surface area contributed by atoms with Gasteiger partial charge in [-0.25, -0.2) is 9.37 Å². The quantitative estimate of drug-likeness (QED) is 0.700. The van der Waals surface area contributed by atoms with Crippen LogP contribution in [-0.4, -0.2) is 15.1 Å². The summed E-state index contributed by atoms with van der Waals surface area (Å²) in [5, 5.41) is 9.38. The summed E-state index contributed by atoms with van der Waals surface area (Å²) in [6.07, 6.45) is 3.06. The number of nitrogens with one attached hydrogen (secondary N) is 1. The molecule has 0 unspecified atom stereocenters. The van der Waals surface area contributed by atoms with Crippen molar-refractivity contribution in [1.82, 2.24) is 9.97 Å². The molecule has 0 spiro atoms. The number of hydrogen-bond donors (Lipinski definition) is 2. The molecule has 0 aliphatic rings. The summed E-state index contributed by atoms with van der Waals surface area (Å²) in [6, 6.07) is 3.85. The largest absolute Gasteiger partial charge is 0.507 e. The Morgan fingerprint density at radius 2 is 2.23 bits per heavy atom. The molecule has 0 aliphatic heterocycles. The number of halogens is 1. The zero-order chi connectivity index (χ0) is 9.26. The third-order valence-electron chi connectivity index (χ3n) is 1.75. The minimum absolute atomic E-state index is 0.0933. The smallest absolute Gasteiger partial charge is 0.127 e. The van der Waals surface area contributed by atoms with Crippen LogP contribution in [0.15, 0.2) is 30.7 Å². The summed E-state index contributed by atoms with van der Waals surface area (Å²) < 4.78 is 12.6. The van der Waals surface area contributed by atoms with Crippen molar-refractivity contribution in [2.75, 3.05) is 0 Å². The van der Waals surface area contributed by atoms with Gasteiger partial charge in [0.15, 0.2) is 0 Å². The normalized spacial score (nSPS) is 10.2. The second-order valence-corrected chi connectivity index (χ2v) is 2.63. The van der Waals surface area contributed by atoms with Crippen LogP contribution in [0, 0.1) is 5.82 Å². The fraction of sp³-hybridized carbons (Fsp3) is 0. The minimum Gasteiger partial charge on any atom is -0.507 e. The molecule has 0 amide bonds. The number of benzene rings is 1. The van der Waals surface area contributed by atoms with Gasteiger partial charge in [-0.15, -0.1) is 0 Å². The molecule has 0 saturated carbocycles. The van der Waals surface area contributed by atoms with Crippen molar-refractivity contribution >= 4 is 0 Å². The third kappa shape index (κ3) is 1.38. The van der Waals surface area contributed by atoms with Gasteiger partial charge in [0.25, 0.3) is 0 Å². The van der Waals surface area contributed by atoms with Gasteiger partial charge < -0.3 is 10.1 Å². The van der Waals surface area contributed by atoms with Gasteiger partial charge in [-0.2, -0.15) is 0 Å². The number of imidazole rings is 1. The van der Waals surface area contributed by atoms with Crippen LogP contribution in [0.4, 0.5) is 4.39 Å². The van der Waals surface area contributed by atoms with E-state index in [9.17, 15) is 9.50 Å². The molecule has 4 heteroatoms. The van der Waals surface area contributed by atoms with Crippen LogP contribution in [-0.2, 0) is 0 Å². The number of hydrogen-bond acceptors (Lipinski definition) is 2. The summed E-state index contributed by atoms with van der Waals surface area (Å²) in [6.45, 7) is 0. The summed E-state index contributed by atoms with van der Waals surface area (Å²) in [5.74, 6) is -0.551. The predicted molar refractivity (Wildman–Crippen MR) is 45.6 cm³/mol. The van der Waals surface area contributed by atoms with E-state index in [4.69, 9.17) is 0 Å². The molecule has 0 atom stereocenters. The Hall–Kier alpha value is -1.84. The second-order valence-electron chi connectivity index (χ2n) is 2.63. The van der Waals surface area contributed by atoms with E-state index in [0.29, 0.717) is 11.3 Å². The first-order chi connectivity index (χ1) is 6.27. The molecular formula is C9H7FN2O. The first-order valence-electron chi connectivity index (χ1n) is 3.74. The van der Waals surface area contributed by atoms with Crippen LogP contribution in [0.1, 0.15) is 0 Å². The van der Waals surface area contributed by atoms with Crippen LogP contribution in [0.5, 0.6) is 5.75 Å². The summed E-state index contributed by atoms with van der Waals surface area (Å²) in [5.41, 5.74) is 1.21. The molecule has 2 rings (SSSR count). The van der Waals surface area contributed by atoms with Crippen molar-refractivity contribution in [3.05, 3.63) is 36.5 Å². The molecule has 0 radical (unpaired) electrons. The van der Waals surface area contributed by atoms with Crippen molar-refractivity contribution in [3.63, 3.8) is 0 Å². The topological polar surface area (TPSA) is 48.9 Å². The number of aromatic amines is 1. The monoisotopic (exact) mass is 178 g/mol. The fourth-order valence-corrected chi connectivity index (χ4v) is 1.14. The molecule has 13 heavy (non-hydrogen) atoms. The number of phenols is 1. The van der Waals surface area contributed by atoms with Gasteiger partial charge in [0, 0.05) is 11.6 Å². The number of aromatic nitrogens is 2. The zero-order valence-electron chi connectivity index (χ0n) is 6.66. The van der Waals surface area contributed by atoms with Crippen molar-refractivity contribution in [3.8, 4) is 17.0 Å². The van der Waals surface area contributed by atoms with Crippen LogP contribution in [0.3, 0.4) is 0 Å². The number of nitrogens with zero attached hydrogens (tertiary/aromatic N) is 1. The Morgan fingerprint density at radius 1 is 1.38 bits per heavy atom. The Labute approximate surface area is 73.9 Å². The molecule has 2 N–H and O–H groups in total. The van der Waals surface area contributed by atoms with Crippen LogP contribution in [0.25, 0.3) is 11.3 Å². The fourth-order valence-electron chi connectivity index (χ4n) is 1.14. The maximum Gasteiger partial charge on any atom is 0.127 e. The van der Waals surface area contributed by atoms with Crippen molar-refractivity contribution in [1.29, 1.82) is 0 Å². The van der Waals surface area contributed by atoms with Crippen LogP contribution >= 0.6 is 0 Å². The van der Waals surface area contributed by atoms with E-state index in [0.717, 1.165) is 6.07 Å². The van der Waals surface area contributed by atoms with E-state index in [1.807, 2.05) is 0 Å². The minimum atomic E-state index is -0.458. The molecule has 0 saturated heterocycles. The molecule has 0 fully saturated rings. The molecule has 66 valence electrons. The first-order valence-corrected chi connectivity index (χ1v) is 3.74. The highest BCUT2D eigenvalue weighted by Gasteiger charge is 2.05. The van der Waals surface area contributed by atoms with E-state index < -0.39 is 5.82 Å². The van der Waals surface area contributed by atoms with Gasteiger partial charge in [-0.05, 0) is 12.1 Å². The summed E-state index contributed by atoms with van der Waals surface area (Å²) in [4.78, 5) is 6.62. The molecule has 1 aromatic heterocycles. The highest BCUT2D eigenvalue weighted by molar-refractivity contribution is 5.65. The maximum absolute atomic E-state index is 12.6. The van der Waals surface area contributed by atoms with Crippen molar-refractivity contribution in [2.24, 2.45) is 0 Å². The molecule has 1 aromatic carbocycles. The van der Waals surface area contributed by atoms with Crippen molar-refractivity contribution in [2.45, 2.75) is 0 Å². The molecular weight excluding hydrogens is 171 g/mol. The lowest BCUT2D eigenvalue weighted by atomic mass is 10.1. The zero-order valence-corrected chi connectivity index (χ0v) is 6.66. The van der Waals surface area contributed by atoms with Gasteiger partial charge in [-0.1, -0.05) is 0 Å². The Morgan fingerprint density at radius 3 is 2.85 bits per heavy atom. The van der Waals surface area contributed by atoms with Gasteiger partial charge in [-0.3, -0.25) is 0 Å². The van der Waals surface area contributed by atoms with Crippen LogP contribution in [0.2, 0.25) is 0 Å². The second kappa shape index (κ2) is 2.90. The maximum atomic E-state index is 12.6. The summed E-state index contributed by atoms with van der Waals surface area (Å²) >= 11 is 0. The lowest BCUT2D eigenvalue weighted by Gasteiger charge is -2.00. The Balaban J connectivity index is 2.53. The average molecular weight is 178 g/mol. The Kier molecular flexibility index (Phi) is 1.73. The number of aromatic hydroxyl groups is 1. The van der Waals surface area contributed by atoms with E-state index in [1.165, 1.54) is 18.5 Å². The predicted octanol–water partition coefficient (Wildman–Crippen LogP) is 1.92. The average Bonchev–Trinajstić information content (AvgIpc) is 2.56. The first kappa shape index (κ1) is 7.79. The Bertz CT molecular complexity index is 412. The van der Waals surface area contributed by atoms with Gasteiger partial charge in [0.2, 0.25) is 0 Å². The highest BCUT2D eigenvalue weighted by atomic mass is 19.1. The summed E-state index contributed by atoms with van der Waals surface area (Å²) in [7, 11) is 0. The molecule has 3 nitrogen and oxygen atoms in total. The SMILES string of the molecule is Oc1cc(F)ccc1-c1cnc[nH]1.